The first kappa shape index (κ1) is 20.7. The molecule has 0 fully saturated rings. The van der Waals surface area contributed by atoms with Gasteiger partial charge in [-0.1, -0.05) is 12.2 Å². The molecule has 2 aromatic rings. The summed E-state index contributed by atoms with van der Waals surface area (Å²) in [6.45, 7) is 4.60. The summed E-state index contributed by atoms with van der Waals surface area (Å²) in [6, 6.07) is 5.90. The van der Waals surface area contributed by atoms with Crippen LogP contribution in [-0.2, 0) is 9.53 Å². The molecule has 0 aliphatic rings. The molecule has 2 N–H and O–H groups in total. The summed E-state index contributed by atoms with van der Waals surface area (Å²) in [5, 5.41) is 21.5. The van der Waals surface area contributed by atoms with E-state index < -0.39 is 29.4 Å². The molecule has 0 radical (unpaired) electrons. The zero-order chi connectivity index (χ0) is 20.2. The Morgan fingerprint density at radius 3 is 2.63 bits per heavy atom. The molecule has 0 amide bonds. The highest BCUT2D eigenvalue weighted by Gasteiger charge is 2.37. The van der Waals surface area contributed by atoms with E-state index in [4.69, 9.17) is 13.9 Å². The Morgan fingerprint density at radius 2 is 2.04 bits per heavy atom. The van der Waals surface area contributed by atoms with Gasteiger partial charge in [0.05, 0.1) is 19.1 Å². The van der Waals surface area contributed by atoms with Crippen LogP contribution in [0.15, 0.2) is 45.6 Å². The standard InChI is InChI=1S/C20H24O7/c1-5-6-7-16(21)27-18(19(23)20(2,3)24)13-10-12-8-9-17(22)26-14(12)11-15(13)25-4/h5-6,8-11,18-19,23-24H,7H2,1-4H3. The van der Waals surface area contributed by atoms with Crippen molar-refractivity contribution in [3.05, 3.63) is 52.4 Å². The number of fused-ring (bicyclic) bond motifs is 1. The lowest BCUT2D eigenvalue weighted by Crippen LogP contribution is -2.42. The van der Waals surface area contributed by atoms with Crippen molar-refractivity contribution < 1.29 is 28.9 Å². The second kappa shape index (κ2) is 8.37. The van der Waals surface area contributed by atoms with Gasteiger partial charge in [0.2, 0.25) is 0 Å². The van der Waals surface area contributed by atoms with Crippen molar-refractivity contribution in [2.75, 3.05) is 7.11 Å². The van der Waals surface area contributed by atoms with E-state index in [-0.39, 0.29) is 12.2 Å². The van der Waals surface area contributed by atoms with E-state index in [0.29, 0.717) is 16.5 Å². The maximum atomic E-state index is 12.2. The molecule has 0 spiro atoms. The Bertz CT molecular complexity index is 889. The lowest BCUT2D eigenvalue weighted by Gasteiger charge is -2.32. The van der Waals surface area contributed by atoms with E-state index in [1.165, 1.54) is 33.1 Å². The van der Waals surface area contributed by atoms with Gasteiger partial charge in [0, 0.05) is 23.1 Å². The summed E-state index contributed by atoms with van der Waals surface area (Å²) in [5.74, 6) is -0.313. The Balaban J connectivity index is 2.57. The van der Waals surface area contributed by atoms with Crippen LogP contribution in [0.2, 0.25) is 0 Å². The van der Waals surface area contributed by atoms with Gasteiger partial charge in [0.1, 0.15) is 17.4 Å². The lowest BCUT2D eigenvalue weighted by molar-refractivity contribution is -0.167. The summed E-state index contributed by atoms with van der Waals surface area (Å²) in [5.41, 5.74) is -1.42. The number of carbonyl (C=O) groups is 1. The predicted molar refractivity (Wildman–Crippen MR) is 99.6 cm³/mol. The van der Waals surface area contributed by atoms with E-state index in [1.807, 2.05) is 0 Å². The van der Waals surface area contributed by atoms with E-state index in [9.17, 15) is 19.8 Å². The Morgan fingerprint density at radius 1 is 1.33 bits per heavy atom. The third-order valence-corrected chi connectivity index (χ3v) is 4.07. The maximum Gasteiger partial charge on any atom is 0.336 e. The maximum absolute atomic E-state index is 12.2. The van der Waals surface area contributed by atoms with Crippen LogP contribution in [0.1, 0.15) is 38.9 Å². The zero-order valence-electron chi connectivity index (χ0n) is 15.8. The third kappa shape index (κ3) is 4.96. The van der Waals surface area contributed by atoms with E-state index in [0.717, 1.165) is 0 Å². The van der Waals surface area contributed by atoms with Crippen molar-refractivity contribution in [1.82, 2.24) is 0 Å². The van der Waals surface area contributed by atoms with Crippen molar-refractivity contribution in [1.29, 1.82) is 0 Å². The molecule has 0 aliphatic carbocycles. The molecular weight excluding hydrogens is 352 g/mol. The number of aliphatic hydroxyl groups excluding tert-OH is 1. The molecule has 2 unspecified atom stereocenters. The van der Waals surface area contributed by atoms with E-state index >= 15 is 0 Å². The molecular formula is C20H24O7. The first-order valence-corrected chi connectivity index (χ1v) is 8.50. The molecule has 7 nitrogen and oxygen atoms in total. The van der Waals surface area contributed by atoms with Crippen molar-refractivity contribution in [2.24, 2.45) is 0 Å². The fourth-order valence-electron chi connectivity index (χ4n) is 2.59. The van der Waals surface area contributed by atoms with Gasteiger partial charge in [0.15, 0.2) is 6.10 Å². The molecule has 1 heterocycles. The van der Waals surface area contributed by atoms with Gasteiger partial charge < -0.3 is 24.1 Å². The summed E-state index contributed by atoms with van der Waals surface area (Å²) in [7, 11) is 1.40. The monoisotopic (exact) mass is 376 g/mol. The summed E-state index contributed by atoms with van der Waals surface area (Å²) in [6.07, 6.45) is 0.753. The fraction of sp³-hybridized carbons (Fsp3) is 0.400. The van der Waals surface area contributed by atoms with E-state index in [1.54, 1.807) is 31.2 Å². The van der Waals surface area contributed by atoms with Crippen LogP contribution < -0.4 is 10.4 Å². The highest BCUT2D eigenvalue weighted by Crippen LogP contribution is 2.36. The number of carbonyl (C=O) groups excluding carboxylic acids is 1. The lowest BCUT2D eigenvalue weighted by atomic mass is 9.91. The highest BCUT2D eigenvalue weighted by molar-refractivity contribution is 5.80. The number of aliphatic hydroxyl groups is 2. The number of hydrogen-bond acceptors (Lipinski definition) is 7. The normalized spacial score (nSPS) is 14.3. The van der Waals surface area contributed by atoms with Crippen LogP contribution in [0.25, 0.3) is 11.0 Å². The van der Waals surface area contributed by atoms with E-state index in [2.05, 4.69) is 0 Å². The van der Waals surface area contributed by atoms with Crippen molar-refractivity contribution >= 4 is 16.9 Å². The molecule has 27 heavy (non-hydrogen) atoms. The van der Waals surface area contributed by atoms with Crippen LogP contribution in [-0.4, -0.2) is 35.0 Å². The Hall–Kier alpha value is -2.64. The number of ether oxygens (including phenoxy) is 2. The molecule has 1 aromatic carbocycles. The van der Waals surface area contributed by atoms with Crippen LogP contribution in [0, 0.1) is 0 Å². The fourth-order valence-corrected chi connectivity index (χ4v) is 2.59. The van der Waals surface area contributed by atoms with Gasteiger partial charge in [-0.25, -0.2) is 4.79 Å². The minimum absolute atomic E-state index is 0.0242. The molecule has 0 saturated heterocycles. The predicted octanol–water partition coefficient (Wildman–Crippen LogP) is 2.48. The number of hydrogen-bond donors (Lipinski definition) is 2. The minimum atomic E-state index is -1.55. The van der Waals surface area contributed by atoms with Gasteiger partial charge in [0.25, 0.3) is 0 Å². The molecule has 2 rings (SSSR count). The van der Waals surface area contributed by atoms with Crippen molar-refractivity contribution in [3.8, 4) is 5.75 Å². The zero-order valence-corrected chi connectivity index (χ0v) is 15.8. The average Bonchev–Trinajstić information content (AvgIpc) is 2.62. The molecule has 0 saturated carbocycles. The first-order valence-electron chi connectivity index (χ1n) is 8.50. The van der Waals surface area contributed by atoms with Gasteiger partial charge in [-0.2, -0.15) is 0 Å². The van der Waals surface area contributed by atoms with Crippen LogP contribution in [0.5, 0.6) is 5.75 Å². The SMILES string of the molecule is CC=CCC(=O)OC(c1cc2ccc(=O)oc2cc1OC)C(O)C(C)(C)O. The smallest absolute Gasteiger partial charge is 0.336 e. The number of methoxy groups -OCH3 is 1. The Kier molecular flexibility index (Phi) is 6.41. The molecule has 0 bridgehead atoms. The summed E-state index contributed by atoms with van der Waals surface area (Å²) >= 11 is 0. The number of allylic oxidation sites excluding steroid dienone is 1. The molecule has 2 atom stereocenters. The molecule has 0 aliphatic heterocycles. The molecule has 7 heteroatoms. The third-order valence-electron chi connectivity index (χ3n) is 4.07. The summed E-state index contributed by atoms with van der Waals surface area (Å²) < 4.78 is 15.9. The molecule has 146 valence electrons. The van der Waals surface area contributed by atoms with Gasteiger partial charge >= 0.3 is 11.6 Å². The highest BCUT2D eigenvalue weighted by atomic mass is 16.6. The number of rotatable bonds is 7. The topological polar surface area (TPSA) is 106 Å². The van der Waals surface area contributed by atoms with Gasteiger partial charge in [-0.15, -0.1) is 0 Å². The summed E-state index contributed by atoms with van der Waals surface area (Å²) in [4.78, 5) is 23.6. The molecule has 1 aromatic heterocycles. The quantitative estimate of drug-likeness (QED) is 0.434. The minimum Gasteiger partial charge on any atom is -0.496 e. The van der Waals surface area contributed by atoms with Crippen LogP contribution in [0.3, 0.4) is 0 Å². The first-order chi connectivity index (χ1) is 12.7. The van der Waals surface area contributed by atoms with Crippen LogP contribution in [0.4, 0.5) is 0 Å². The second-order valence-corrected chi connectivity index (χ2v) is 6.67. The van der Waals surface area contributed by atoms with Crippen LogP contribution >= 0.6 is 0 Å². The Labute approximate surface area is 156 Å². The van der Waals surface area contributed by atoms with Crippen molar-refractivity contribution in [2.45, 2.75) is 45.0 Å². The largest absolute Gasteiger partial charge is 0.496 e. The number of esters is 1. The average molecular weight is 376 g/mol. The van der Waals surface area contributed by atoms with Crippen molar-refractivity contribution in [3.63, 3.8) is 0 Å². The second-order valence-electron chi connectivity index (χ2n) is 6.67. The van der Waals surface area contributed by atoms with Gasteiger partial charge in [-0.3, -0.25) is 4.79 Å². The number of benzene rings is 1. The van der Waals surface area contributed by atoms with Gasteiger partial charge in [-0.05, 0) is 32.9 Å².